The third-order valence-corrected chi connectivity index (χ3v) is 24.4. The molecule has 0 heterocycles. The van der Waals surface area contributed by atoms with Gasteiger partial charge in [0.15, 0.2) is 0 Å². The van der Waals surface area contributed by atoms with Crippen molar-refractivity contribution in [3.8, 4) is 0 Å². The van der Waals surface area contributed by atoms with Crippen molar-refractivity contribution in [3.63, 3.8) is 0 Å². The molecule has 118 heavy (non-hydrogen) atoms. The van der Waals surface area contributed by atoms with E-state index in [9.17, 15) is 0 Å². The summed E-state index contributed by atoms with van der Waals surface area (Å²) < 4.78 is 0. The Morgan fingerprint density at radius 3 is 0.271 bits per heavy atom. The van der Waals surface area contributed by atoms with Crippen LogP contribution in [0.3, 0.4) is 0 Å². The molecule has 0 heteroatoms. The van der Waals surface area contributed by atoms with E-state index in [-0.39, 0.29) is 0 Å². The Morgan fingerprint density at radius 1 is 0.0678 bits per heavy atom. The third-order valence-electron chi connectivity index (χ3n) is 24.4. The van der Waals surface area contributed by atoms with Crippen molar-refractivity contribution in [2.75, 3.05) is 0 Å². The van der Waals surface area contributed by atoms with E-state index in [0.29, 0.717) is 0 Å². The molecular weight excluding hydrogens is 1420 g/mol. The Morgan fingerprint density at radius 2 is 0.161 bits per heavy atom. The van der Waals surface area contributed by atoms with Gasteiger partial charge in [-0.25, -0.2) is 0 Å². The van der Waals surface area contributed by atoms with Crippen molar-refractivity contribution in [2.24, 2.45) is 0 Å². The van der Waals surface area contributed by atoms with E-state index in [4.69, 9.17) is 0 Å². The van der Waals surface area contributed by atoms with Gasteiger partial charge in [-0.15, -0.1) is 0 Å². The zero-order chi connectivity index (χ0) is 78.0. The fourth-order valence-electron chi connectivity index (χ4n) is 18.8. The molecule has 0 aliphatic heterocycles. The average Bonchev–Trinajstić information content (AvgIpc) is 0.746. The first-order valence-corrected chi connectivity index (χ1v) is 40.9. The predicted octanol–water partition coefficient (Wildman–Crippen LogP) is 33.8. The van der Waals surface area contributed by atoms with Gasteiger partial charge in [-0.3, -0.25) is 0 Å². The van der Waals surface area contributed by atoms with Gasteiger partial charge in [0.25, 0.3) is 0 Å². The average molecular weight is 1490 g/mol. The molecule has 0 aromatic heterocycles. The van der Waals surface area contributed by atoms with Crippen LogP contribution < -0.4 is 0 Å². The van der Waals surface area contributed by atoms with E-state index in [1.165, 1.54) is 226 Å². The van der Waals surface area contributed by atoms with Crippen LogP contribution in [0.25, 0.3) is 226 Å². The minimum absolute atomic E-state index is 1.31. The van der Waals surface area contributed by atoms with Crippen molar-refractivity contribution in [1.29, 1.82) is 0 Å². The van der Waals surface area contributed by atoms with E-state index >= 15 is 0 Å². The fourth-order valence-corrected chi connectivity index (χ4v) is 18.8. The minimum Gasteiger partial charge on any atom is -0.0616 e. The summed E-state index contributed by atoms with van der Waals surface area (Å²) >= 11 is 0. The van der Waals surface area contributed by atoms with Gasteiger partial charge in [-0.2, -0.15) is 0 Å². The number of fused-ring (bicyclic) bond motifs is 12. The fraction of sp³-hybridized carbons (Fsp3) is 0. The highest BCUT2D eigenvalue weighted by molar-refractivity contribution is 6.28. The lowest BCUT2D eigenvalue weighted by Gasteiger charge is -2.09. The summed E-state index contributed by atoms with van der Waals surface area (Å²) in [5, 5.41) is 56.3. The molecule has 0 radical (unpaired) electrons. The maximum Gasteiger partial charge on any atom is -0.00268 e. The van der Waals surface area contributed by atoms with E-state index in [1.54, 1.807) is 0 Å². The molecule has 0 aliphatic rings. The molecule has 0 saturated carbocycles. The number of hydrogen-bond acceptors (Lipinski definition) is 0. The second-order valence-electron chi connectivity index (χ2n) is 31.3. The molecule has 548 valence electrons. The Kier molecular flexibility index (Phi) is 17.4. The summed E-state index contributed by atoms with van der Waals surface area (Å²) in [4.78, 5) is 0. The van der Waals surface area contributed by atoms with Crippen molar-refractivity contribution in [1.82, 2.24) is 0 Å². The van der Waals surface area contributed by atoms with E-state index in [2.05, 4.69) is 461 Å². The first-order valence-electron chi connectivity index (χ1n) is 40.9. The third kappa shape index (κ3) is 12.6. The van der Waals surface area contributed by atoms with Gasteiger partial charge in [-0.05, 0) is 275 Å². The summed E-state index contributed by atoms with van der Waals surface area (Å²) in [6.07, 6.45) is 0. The molecule has 0 nitrogen and oxygen atoms in total. The first-order chi connectivity index (χ1) is 58.5. The maximum absolute atomic E-state index is 2.27. The molecule has 0 saturated heterocycles. The lowest BCUT2D eigenvalue weighted by Crippen LogP contribution is -1.82. The van der Waals surface area contributed by atoms with E-state index in [1.807, 2.05) is 0 Å². The van der Waals surface area contributed by atoms with Gasteiger partial charge < -0.3 is 0 Å². The molecule has 0 bridgehead atoms. The van der Waals surface area contributed by atoms with Gasteiger partial charge in [0.2, 0.25) is 0 Å². The van der Waals surface area contributed by atoms with Crippen LogP contribution in [0.1, 0.15) is 0 Å². The summed E-state index contributed by atoms with van der Waals surface area (Å²) in [5.74, 6) is 0. The zero-order valence-corrected chi connectivity index (χ0v) is 64.9. The Hall–Kier alpha value is -15.3. The van der Waals surface area contributed by atoms with Crippen LogP contribution in [-0.4, -0.2) is 0 Å². The monoisotopic (exact) mass is 1490 g/mol. The van der Waals surface area contributed by atoms with Gasteiger partial charge >= 0.3 is 0 Å². The quantitative estimate of drug-likeness (QED) is 0.105. The van der Waals surface area contributed by atoms with Crippen molar-refractivity contribution >= 4 is 226 Å². The molecule has 0 fully saturated rings. The van der Waals surface area contributed by atoms with E-state index < -0.39 is 0 Å². The lowest BCUT2D eigenvalue weighted by molar-refractivity contribution is 1.77. The normalized spacial score (nSPS) is 11.6. The molecule has 0 amide bonds. The Labute approximate surface area is 682 Å². The van der Waals surface area contributed by atoms with Crippen molar-refractivity contribution < 1.29 is 0 Å². The molecule has 0 N–H and O–H groups in total. The van der Waals surface area contributed by atoms with Crippen molar-refractivity contribution in [3.05, 3.63) is 461 Å². The van der Waals surface area contributed by atoms with Crippen LogP contribution in [-0.2, 0) is 0 Å². The summed E-state index contributed by atoms with van der Waals surface area (Å²) in [6.45, 7) is 0. The molecule has 0 atom stereocenters. The number of benzene rings is 28. The summed E-state index contributed by atoms with van der Waals surface area (Å²) in [5.41, 5.74) is 0. The number of hydrogen-bond donors (Lipinski definition) is 0. The zero-order valence-electron chi connectivity index (χ0n) is 64.9. The largest absolute Gasteiger partial charge is 0.0616 e. The molecule has 0 aliphatic carbocycles. The SMILES string of the molecule is c1cc2ccc3cccc4ccc(c1)c2c34.c1cc2ccc3cccc4ccc(c1)c2c34.c1cc2ccc3cccc4ccc(c1)c2c34.c1cc2ccc3cccc4ccc(c1)c2c34.c1ccc2c(c1)c1ccccc1c1ccccc21.c1ccc2cc3cc4ccccc4cc3cc2c1.c1ccc2cc3cc4ccccc4cc3cc2c1. The summed E-state index contributed by atoms with van der Waals surface area (Å²) in [6, 6.07) is 166. The topological polar surface area (TPSA) is 0 Å². The second-order valence-corrected chi connectivity index (χ2v) is 31.3. The number of rotatable bonds is 0. The van der Waals surface area contributed by atoms with E-state index in [0.717, 1.165) is 0 Å². The van der Waals surface area contributed by atoms with Gasteiger partial charge in [0.1, 0.15) is 0 Å². The Bertz CT molecular complexity index is 6910. The van der Waals surface area contributed by atoms with Crippen LogP contribution in [0, 0.1) is 0 Å². The minimum atomic E-state index is 1.31. The maximum atomic E-state index is 2.27. The lowest BCUT2D eigenvalue weighted by atomic mass is 9.95. The van der Waals surface area contributed by atoms with Gasteiger partial charge in [0, 0.05) is 0 Å². The molecular formula is C118H76. The standard InChI is InChI=1S/3C18H12.4C16H10/c1-2-8-14-13(7-1)15-9-3-4-11-17(15)18-12-6-5-10-16(14)18;2*1-2-6-14-10-18-12-16-8-4-3-7-15(16)11-17(18)9-13(14)5-1;4*1-3-11-7-9-13-5-2-6-14-10-8-12(4-1)15(11)16(13)14/h3*1-12H;4*1-10H. The second kappa shape index (κ2) is 29.6. The smallest absolute Gasteiger partial charge is 0.00268 e. The summed E-state index contributed by atoms with van der Waals surface area (Å²) in [7, 11) is 0. The molecule has 0 spiro atoms. The van der Waals surface area contributed by atoms with Crippen LogP contribution in [0.4, 0.5) is 0 Å². The molecule has 28 aromatic carbocycles. The van der Waals surface area contributed by atoms with Gasteiger partial charge in [0.05, 0.1) is 0 Å². The highest BCUT2D eigenvalue weighted by atomic mass is 14.2. The van der Waals surface area contributed by atoms with Crippen LogP contribution in [0.5, 0.6) is 0 Å². The molecule has 28 aromatic rings. The molecule has 28 rings (SSSR count). The van der Waals surface area contributed by atoms with Gasteiger partial charge in [-0.1, -0.05) is 413 Å². The van der Waals surface area contributed by atoms with Crippen LogP contribution in [0.2, 0.25) is 0 Å². The highest BCUT2D eigenvalue weighted by Gasteiger charge is 2.13. The highest BCUT2D eigenvalue weighted by Crippen LogP contribution is 2.41. The Balaban J connectivity index is 0.0000000831. The van der Waals surface area contributed by atoms with Crippen LogP contribution in [0.15, 0.2) is 461 Å². The predicted molar refractivity (Wildman–Crippen MR) is 517 cm³/mol. The van der Waals surface area contributed by atoms with Crippen molar-refractivity contribution in [2.45, 2.75) is 0 Å². The molecule has 0 unspecified atom stereocenters. The first kappa shape index (κ1) is 69.4. The van der Waals surface area contributed by atoms with Crippen LogP contribution >= 0.6 is 0 Å².